The van der Waals surface area contributed by atoms with Crippen LogP contribution in [-0.2, 0) is 17.8 Å². The van der Waals surface area contributed by atoms with E-state index in [9.17, 15) is 14.0 Å². The molecule has 3 aromatic rings. The van der Waals surface area contributed by atoms with Crippen LogP contribution >= 0.6 is 0 Å². The Morgan fingerprint density at radius 2 is 1.57 bits per heavy atom. The van der Waals surface area contributed by atoms with E-state index in [4.69, 9.17) is 19.4 Å². The molecule has 3 aromatic carbocycles. The predicted molar refractivity (Wildman–Crippen MR) is 135 cm³/mol. The molecule has 1 aliphatic rings. The first kappa shape index (κ1) is 25.7. The van der Waals surface area contributed by atoms with Crippen molar-refractivity contribution in [3.8, 4) is 17.2 Å². The van der Waals surface area contributed by atoms with Crippen LogP contribution in [0, 0.1) is 5.82 Å². The maximum atomic E-state index is 13.9. The highest BCUT2D eigenvalue weighted by Crippen LogP contribution is 2.39. The molecule has 2 amide bonds. The van der Waals surface area contributed by atoms with Gasteiger partial charge < -0.3 is 19.1 Å². The highest BCUT2D eigenvalue weighted by molar-refractivity contribution is 6.24. The molecule has 0 unspecified atom stereocenters. The van der Waals surface area contributed by atoms with E-state index in [1.165, 1.54) is 33.5 Å². The molecular weight excluding hydrogens is 479 g/mol. The summed E-state index contributed by atoms with van der Waals surface area (Å²) in [6.07, 6.45) is 2.30. The number of nitrogens with one attached hydrogen (secondary N) is 1. The SMILES string of the molecule is COc1cc(/C=C(/C(=O)N2CCc3ccc(C(=O)NO)cc3C2)c2ccc(F)cc2)cc(OC)c1OC. The van der Waals surface area contributed by atoms with Crippen LogP contribution in [0.2, 0.25) is 0 Å². The summed E-state index contributed by atoms with van der Waals surface area (Å²) in [5, 5.41) is 8.97. The van der Waals surface area contributed by atoms with E-state index in [-0.39, 0.29) is 12.5 Å². The number of hydrogen-bond donors (Lipinski definition) is 2. The Labute approximate surface area is 213 Å². The van der Waals surface area contributed by atoms with Crippen LogP contribution < -0.4 is 19.7 Å². The molecule has 2 N–H and O–H groups in total. The number of hydrogen-bond acceptors (Lipinski definition) is 6. The molecule has 0 bridgehead atoms. The van der Waals surface area contributed by atoms with Crippen molar-refractivity contribution in [2.75, 3.05) is 27.9 Å². The number of benzene rings is 3. The molecule has 0 spiro atoms. The normalized spacial score (nSPS) is 13.0. The first-order valence-electron chi connectivity index (χ1n) is 11.5. The van der Waals surface area contributed by atoms with Crippen molar-refractivity contribution in [2.45, 2.75) is 13.0 Å². The number of carbonyl (C=O) groups is 2. The van der Waals surface area contributed by atoms with Crippen molar-refractivity contribution < 1.29 is 33.4 Å². The minimum Gasteiger partial charge on any atom is -0.493 e. The van der Waals surface area contributed by atoms with Crippen LogP contribution in [0.1, 0.15) is 32.6 Å². The summed E-state index contributed by atoms with van der Waals surface area (Å²) in [5.74, 6) is -0.0122. The Bertz CT molecular complexity index is 1330. The van der Waals surface area contributed by atoms with E-state index in [0.717, 1.165) is 11.1 Å². The lowest BCUT2D eigenvalue weighted by molar-refractivity contribution is -0.125. The number of fused-ring (bicyclic) bond motifs is 1. The third-order valence-corrected chi connectivity index (χ3v) is 6.25. The summed E-state index contributed by atoms with van der Waals surface area (Å²) >= 11 is 0. The molecular formula is C28H27FN2O6. The van der Waals surface area contributed by atoms with Crippen LogP contribution in [-0.4, -0.2) is 49.8 Å². The molecule has 0 aromatic heterocycles. The monoisotopic (exact) mass is 506 g/mol. The predicted octanol–water partition coefficient (Wildman–Crippen LogP) is 4.10. The van der Waals surface area contributed by atoms with E-state index >= 15 is 0 Å². The Morgan fingerprint density at radius 1 is 0.919 bits per heavy atom. The van der Waals surface area contributed by atoms with Crippen LogP contribution in [0.5, 0.6) is 17.2 Å². The van der Waals surface area contributed by atoms with Crippen molar-refractivity contribution >= 4 is 23.5 Å². The minimum absolute atomic E-state index is 0.261. The maximum absolute atomic E-state index is 13.9. The smallest absolute Gasteiger partial charge is 0.274 e. The lowest BCUT2D eigenvalue weighted by atomic mass is 9.95. The average Bonchev–Trinajstić information content (AvgIpc) is 2.94. The zero-order valence-corrected chi connectivity index (χ0v) is 20.7. The van der Waals surface area contributed by atoms with Gasteiger partial charge >= 0.3 is 0 Å². The third kappa shape index (κ3) is 5.41. The fourth-order valence-corrected chi connectivity index (χ4v) is 4.36. The van der Waals surface area contributed by atoms with E-state index in [1.54, 1.807) is 52.9 Å². The van der Waals surface area contributed by atoms with Gasteiger partial charge in [-0.2, -0.15) is 0 Å². The zero-order valence-electron chi connectivity index (χ0n) is 20.7. The van der Waals surface area contributed by atoms with Crippen LogP contribution in [0.3, 0.4) is 0 Å². The number of nitrogens with zero attached hydrogens (tertiary/aromatic N) is 1. The van der Waals surface area contributed by atoms with E-state index in [1.807, 2.05) is 6.07 Å². The molecule has 1 heterocycles. The summed E-state index contributed by atoms with van der Waals surface area (Å²) in [7, 11) is 4.52. The standard InChI is InChI=1S/C28H27FN2O6/c1-35-24-13-17(14-25(36-2)26(24)37-3)12-23(19-6-8-22(29)9-7-19)28(33)31-11-10-18-4-5-20(27(32)30-34)15-21(18)16-31/h4-9,12-15,34H,10-11,16H2,1-3H3,(H,30,32)/b23-12+. The second-order valence-electron chi connectivity index (χ2n) is 8.42. The fraction of sp³-hybridized carbons (Fsp3) is 0.214. The van der Waals surface area contributed by atoms with Crippen molar-refractivity contribution in [3.05, 3.63) is 88.2 Å². The van der Waals surface area contributed by atoms with Crippen molar-refractivity contribution in [1.82, 2.24) is 10.4 Å². The fourth-order valence-electron chi connectivity index (χ4n) is 4.36. The molecule has 0 radical (unpaired) electrons. The van der Waals surface area contributed by atoms with Gasteiger partial charge in [0, 0.05) is 24.2 Å². The summed E-state index contributed by atoms with van der Waals surface area (Å²) in [6.45, 7) is 0.736. The first-order valence-corrected chi connectivity index (χ1v) is 11.5. The molecule has 0 atom stereocenters. The summed E-state index contributed by atoms with van der Waals surface area (Å²) in [6, 6.07) is 14.3. The minimum atomic E-state index is -0.624. The van der Waals surface area contributed by atoms with Gasteiger partial charge in [-0.1, -0.05) is 18.2 Å². The van der Waals surface area contributed by atoms with Gasteiger partial charge in [0.1, 0.15) is 5.82 Å². The Morgan fingerprint density at radius 3 is 2.16 bits per heavy atom. The second kappa shape index (κ2) is 11.1. The second-order valence-corrected chi connectivity index (χ2v) is 8.42. The van der Waals surface area contributed by atoms with Crippen molar-refractivity contribution in [1.29, 1.82) is 0 Å². The molecule has 192 valence electrons. The quantitative estimate of drug-likeness (QED) is 0.217. The molecule has 37 heavy (non-hydrogen) atoms. The highest BCUT2D eigenvalue weighted by Gasteiger charge is 2.25. The zero-order chi connectivity index (χ0) is 26.5. The molecule has 8 nitrogen and oxygen atoms in total. The van der Waals surface area contributed by atoms with Gasteiger partial charge in [-0.05, 0) is 71.1 Å². The average molecular weight is 507 g/mol. The number of methoxy groups -OCH3 is 3. The Balaban J connectivity index is 1.75. The number of rotatable bonds is 7. The molecule has 0 fully saturated rings. The van der Waals surface area contributed by atoms with Gasteiger partial charge in [0.2, 0.25) is 5.75 Å². The van der Waals surface area contributed by atoms with Crippen LogP contribution in [0.15, 0.2) is 54.6 Å². The lowest BCUT2D eigenvalue weighted by Crippen LogP contribution is -2.36. The number of amides is 2. The molecule has 0 saturated carbocycles. The summed E-state index contributed by atoms with van der Waals surface area (Å²) in [5.41, 5.74) is 5.28. The topological polar surface area (TPSA) is 97.3 Å². The van der Waals surface area contributed by atoms with E-state index < -0.39 is 11.7 Å². The van der Waals surface area contributed by atoms with Gasteiger partial charge in [-0.3, -0.25) is 14.8 Å². The number of halogens is 1. The van der Waals surface area contributed by atoms with Crippen molar-refractivity contribution in [3.63, 3.8) is 0 Å². The van der Waals surface area contributed by atoms with Crippen LogP contribution in [0.4, 0.5) is 4.39 Å². The maximum Gasteiger partial charge on any atom is 0.274 e. The van der Waals surface area contributed by atoms with E-state index in [2.05, 4.69) is 0 Å². The van der Waals surface area contributed by atoms with Gasteiger partial charge in [0.15, 0.2) is 11.5 Å². The molecule has 9 heteroatoms. The van der Waals surface area contributed by atoms with Gasteiger partial charge in [0.05, 0.1) is 21.3 Å². The molecule has 0 saturated heterocycles. The highest BCUT2D eigenvalue weighted by atomic mass is 19.1. The van der Waals surface area contributed by atoms with Crippen molar-refractivity contribution in [2.24, 2.45) is 0 Å². The molecule has 0 aliphatic carbocycles. The number of hydroxylamine groups is 1. The number of ether oxygens (including phenoxy) is 3. The largest absolute Gasteiger partial charge is 0.493 e. The lowest BCUT2D eigenvalue weighted by Gasteiger charge is -2.30. The van der Waals surface area contributed by atoms with Gasteiger partial charge in [-0.15, -0.1) is 0 Å². The van der Waals surface area contributed by atoms with E-state index in [0.29, 0.717) is 52.5 Å². The Kier molecular flexibility index (Phi) is 7.74. The molecule has 4 rings (SSSR count). The third-order valence-electron chi connectivity index (χ3n) is 6.25. The summed E-state index contributed by atoms with van der Waals surface area (Å²) in [4.78, 5) is 27.4. The number of carbonyl (C=O) groups excluding carboxylic acids is 2. The van der Waals surface area contributed by atoms with Gasteiger partial charge in [0.25, 0.3) is 11.8 Å². The Hall–Kier alpha value is -4.37. The summed E-state index contributed by atoms with van der Waals surface area (Å²) < 4.78 is 30.0. The first-order chi connectivity index (χ1) is 17.9. The van der Waals surface area contributed by atoms with Gasteiger partial charge in [-0.25, -0.2) is 9.87 Å². The molecule has 1 aliphatic heterocycles. The van der Waals surface area contributed by atoms with Crippen LogP contribution in [0.25, 0.3) is 11.6 Å².